The van der Waals surface area contributed by atoms with Crippen LogP contribution in [0.4, 0.5) is 40.3 Å². The number of benzene rings is 4. The number of halogens is 4. The molecule has 6 aliphatic rings. The van der Waals surface area contributed by atoms with E-state index in [0.29, 0.717) is 36.6 Å². The molecule has 366 valence electrons. The van der Waals surface area contributed by atoms with Gasteiger partial charge in [0.05, 0.1) is 28.7 Å². The Kier molecular flexibility index (Phi) is 14.5. The van der Waals surface area contributed by atoms with Gasteiger partial charge in [0.25, 0.3) is 20.0 Å². The summed E-state index contributed by atoms with van der Waals surface area (Å²) in [6.45, 7) is 3.64. The molecule has 2 heterocycles. The van der Waals surface area contributed by atoms with Crippen molar-refractivity contribution < 1.29 is 48.8 Å². The molecule has 0 aromatic heterocycles. The Labute approximate surface area is 395 Å². The minimum atomic E-state index is -4.29. The first-order chi connectivity index (χ1) is 31.7. The quantitative estimate of drug-likeness (QED) is 0.100. The Bertz CT molecular complexity index is 2870. The lowest BCUT2D eigenvalue weighted by Crippen LogP contribution is -2.40. The van der Waals surface area contributed by atoms with Gasteiger partial charge in [-0.15, -0.1) is 0 Å². The van der Waals surface area contributed by atoms with Gasteiger partial charge in [0.1, 0.15) is 50.4 Å². The van der Waals surface area contributed by atoms with Gasteiger partial charge in [-0.25, -0.2) is 34.4 Å². The summed E-state index contributed by atoms with van der Waals surface area (Å²) < 4.78 is 110. The summed E-state index contributed by atoms with van der Waals surface area (Å²) in [5.74, 6) is -3.38. The van der Waals surface area contributed by atoms with Crippen LogP contribution in [0.25, 0.3) is 0 Å². The number of Topliss-reactive ketones (excluding diaryl/α,β-unsaturated/α-hetero) is 3. The molecule has 0 bridgehead atoms. The van der Waals surface area contributed by atoms with Gasteiger partial charge in [0.15, 0.2) is 0 Å². The Hall–Kier alpha value is -5.37. The zero-order chi connectivity index (χ0) is 48.1. The number of fused-ring (bicyclic) bond motifs is 4. The number of nitrogen functional groups attached to an aromatic ring is 1. The molecule has 4 aliphatic carbocycles. The molecule has 68 heavy (non-hydrogen) atoms. The number of nitrogens with two attached hydrogens (primary N) is 1. The van der Waals surface area contributed by atoms with Crippen LogP contribution in [0.15, 0.2) is 70.5 Å². The third-order valence-electron chi connectivity index (χ3n) is 14.0. The molecular weight excluding hydrogens is 925 g/mol. The molecule has 13 nitrogen and oxygen atoms in total. The summed E-state index contributed by atoms with van der Waals surface area (Å²) in [6, 6.07) is 11.2. The smallest absolute Gasteiger partial charge is 0.264 e. The monoisotopic (exact) mass is 982 g/mol. The van der Waals surface area contributed by atoms with E-state index in [9.17, 15) is 48.8 Å². The summed E-state index contributed by atoms with van der Waals surface area (Å²) in [5, 5.41) is 3.55. The number of anilines is 4. The van der Waals surface area contributed by atoms with Crippen LogP contribution >= 0.6 is 0 Å². The molecule has 10 rings (SSSR count). The van der Waals surface area contributed by atoms with Crippen molar-refractivity contribution in [3.8, 4) is 0 Å². The van der Waals surface area contributed by atoms with Crippen molar-refractivity contribution in [2.24, 2.45) is 0 Å². The first-order valence-electron chi connectivity index (χ1n) is 22.5. The van der Waals surface area contributed by atoms with E-state index >= 15 is 0 Å². The largest absolute Gasteiger partial charge is 0.398 e. The van der Waals surface area contributed by atoms with E-state index in [2.05, 4.69) is 31.6 Å². The van der Waals surface area contributed by atoms with E-state index in [0.717, 1.165) is 136 Å². The van der Waals surface area contributed by atoms with Crippen molar-refractivity contribution in [1.29, 1.82) is 0 Å². The average molecular weight is 983 g/mol. The second-order valence-electron chi connectivity index (χ2n) is 18.7. The highest BCUT2D eigenvalue weighted by Crippen LogP contribution is 2.54. The Morgan fingerprint density at radius 2 is 1.15 bits per heavy atom. The van der Waals surface area contributed by atoms with Gasteiger partial charge in [-0.1, -0.05) is 20.3 Å². The SMILES string of the molecule is C.CN1CCCC(=O)C1.CN1CCCC(Nc2cc(NS(=O)(=O)c3ccc(F)cc3F)cc3c2CC(=O)C32CCC2)C1.Nc1cc(NS(=O)(=O)c2ccc(F)cc2F)cc2c1CC(=O)C21CCC1. The van der Waals surface area contributed by atoms with Crippen LogP contribution in [0, 0.1) is 23.3 Å². The number of carbonyl (C=O) groups is 3. The second-order valence-corrected chi connectivity index (χ2v) is 22.0. The molecule has 2 spiro atoms. The first kappa shape index (κ1) is 50.5. The third-order valence-corrected chi connectivity index (χ3v) is 16.8. The number of nitrogens with zero attached hydrogens (tertiary/aromatic N) is 2. The predicted octanol–water partition coefficient (Wildman–Crippen LogP) is 7.63. The maximum absolute atomic E-state index is 14.2. The molecular formula is C49H58F4N6O7S2. The summed E-state index contributed by atoms with van der Waals surface area (Å²) in [6.07, 6.45) is 9.31. The lowest BCUT2D eigenvalue weighted by Gasteiger charge is -2.38. The molecule has 4 aromatic rings. The van der Waals surface area contributed by atoms with Crippen LogP contribution in [0.5, 0.6) is 0 Å². The van der Waals surface area contributed by atoms with Crippen molar-refractivity contribution in [3.63, 3.8) is 0 Å². The Morgan fingerprint density at radius 3 is 1.60 bits per heavy atom. The van der Waals surface area contributed by atoms with E-state index in [1.165, 1.54) is 6.07 Å². The Morgan fingerprint density at radius 1 is 0.647 bits per heavy atom. The molecule has 0 radical (unpaired) electrons. The number of rotatable bonds is 8. The molecule has 2 saturated carbocycles. The van der Waals surface area contributed by atoms with Gasteiger partial charge >= 0.3 is 0 Å². The number of likely N-dealkylation sites (N-methyl/N-ethyl adjacent to an activating group) is 2. The maximum atomic E-state index is 14.2. The van der Waals surface area contributed by atoms with Crippen molar-refractivity contribution >= 4 is 60.1 Å². The van der Waals surface area contributed by atoms with Crippen LogP contribution in [0.3, 0.4) is 0 Å². The van der Waals surface area contributed by atoms with Crippen molar-refractivity contribution in [2.75, 3.05) is 60.8 Å². The highest BCUT2D eigenvalue weighted by molar-refractivity contribution is 7.93. The second kappa shape index (κ2) is 19.6. The van der Waals surface area contributed by atoms with Gasteiger partial charge in [0, 0.05) is 55.4 Å². The van der Waals surface area contributed by atoms with Crippen LogP contribution in [-0.4, -0.2) is 90.3 Å². The fourth-order valence-corrected chi connectivity index (χ4v) is 12.5. The number of carbonyl (C=O) groups excluding carboxylic acids is 3. The van der Waals surface area contributed by atoms with Gasteiger partial charge < -0.3 is 16.0 Å². The van der Waals surface area contributed by atoms with E-state index in [1.807, 2.05) is 7.05 Å². The van der Waals surface area contributed by atoms with Crippen LogP contribution < -0.4 is 20.5 Å². The Balaban J connectivity index is 0.000000174. The number of piperidine rings is 2. The van der Waals surface area contributed by atoms with Crippen LogP contribution in [0.1, 0.15) is 93.9 Å². The maximum Gasteiger partial charge on any atom is 0.264 e. The summed E-state index contributed by atoms with van der Waals surface area (Å²) in [4.78, 5) is 39.0. The number of sulfonamides is 2. The van der Waals surface area contributed by atoms with Crippen molar-refractivity contribution in [2.45, 2.75) is 111 Å². The van der Waals surface area contributed by atoms with E-state index < -0.39 is 63.9 Å². The number of hydrogen-bond donors (Lipinski definition) is 4. The van der Waals surface area contributed by atoms with Gasteiger partial charge in [-0.2, -0.15) is 0 Å². The topological polar surface area (TPSA) is 188 Å². The summed E-state index contributed by atoms with van der Waals surface area (Å²) >= 11 is 0. The summed E-state index contributed by atoms with van der Waals surface area (Å²) in [7, 11) is -4.51. The average Bonchev–Trinajstić information content (AvgIpc) is 3.68. The number of hydrogen-bond acceptors (Lipinski definition) is 11. The highest BCUT2D eigenvalue weighted by atomic mass is 32.2. The number of ketones is 3. The lowest BCUT2D eigenvalue weighted by atomic mass is 9.64. The zero-order valence-electron chi connectivity index (χ0n) is 37.3. The molecule has 0 amide bonds. The van der Waals surface area contributed by atoms with Gasteiger partial charge in [-0.05, 0) is 143 Å². The van der Waals surface area contributed by atoms with Gasteiger partial charge in [0.2, 0.25) is 0 Å². The van der Waals surface area contributed by atoms with Crippen LogP contribution in [-0.2, 0) is 58.1 Å². The van der Waals surface area contributed by atoms with Crippen molar-refractivity contribution in [3.05, 3.63) is 106 Å². The zero-order valence-corrected chi connectivity index (χ0v) is 39.0. The first-order valence-corrected chi connectivity index (χ1v) is 25.4. The molecule has 19 heteroatoms. The molecule has 4 fully saturated rings. The molecule has 2 aliphatic heterocycles. The number of nitrogens with one attached hydrogen (secondary N) is 3. The van der Waals surface area contributed by atoms with E-state index in [1.54, 1.807) is 18.2 Å². The summed E-state index contributed by atoms with van der Waals surface area (Å²) in [5.41, 5.74) is 9.73. The van der Waals surface area contributed by atoms with Gasteiger partial charge in [-0.3, -0.25) is 28.7 Å². The molecule has 4 aromatic carbocycles. The highest BCUT2D eigenvalue weighted by Gasteiger charge is 2.52. The van der Waals surface area contributed by atoms with E-state index in [4.69, 9.17) is 5.73 Å². The predicted molar refractivity (Wildman–Crippen MR) is 253 cm³/mol. The lowest BCUT2D eigenvalue weighted by molar-refractivity contribution is -0.126. The third kappa shape index (κ3) is 10.0. The molecule has 1 unspecified atom stereocenters. The van der Waals surface area contributed by atoms with Crippen LogP contribution in [0.2, 0.25) is 0 Å². The van der Waals surface area contributed by atoms with E-state index in [-0.39, 0.29) is 42.8 Å². The molecule has 2 saturated heterocycles. The molecule has 5 N–H and O–H groups in total. The minimum absolute atomic E-state index is 0. The fourth-order valence-electron chi connectivity index (χ4n) is 10.3. The normalized spacial score (nSPS) is 20.4. The fraction of sp³-hybridized carbons (Fsp3) is 0.449. The number of likely N-dealkylation sites (tertiary alicyclic amines) is 2. The standard InChI is InChI=1S/C24H27F2N3O3S.C18H16F2N2O3S.C6H11NO.CH4/c1-29-9-2-4-16(14-29)27-21-12-17(11-19-18(21)13-23(30)24(19)7-3-8-24)28-33(31,32)22-6-5-15(25)10-20(22)26;19-10-2-3-16(14(20)6-10)26(24,25)22-11-7-13-12(15(21)8-11)9-17(23)18(13)4-1-5-18;1-7-4-2-3-6(8)5-7;/h5-6,10-12,16,27-28H,2-4,7-9,13-14H2,1H3;2-3,6-8,22H,1,4-5,9,21H2;2-5H2,1H3;1H4. The van der Waals surface area contributed by atoms with Crippen molar-refractivity contribution in [1.82, 2.24) is 9.80 Å². The molecule has 1 atom stereocenters. The minimum Gasteiger partial charge on any atom is -0.398 e.